The molecule has 0 aromatic carbocycles. The lowest BCUT2D eigenvalue weighted by molar-refractivity contribution is 0.0455. The number of aromatic nitrogens is 1. The van der Waals surface area contributed by atoms with E-state index in [2.05, 4.69) is 4.98 Å². The Morgan fingerprint density at radius 1 is 1.62 bits per heavy atom. The van der Waals surface area contributed by atoms with E-state index in [0.29, 0.717) is 5.25 Å². The first-order valence-electron chi connectivity index (χ1n) is 4.14. The van der Waals surface area contributed by atoms with Gasteiger partial charge in [-0.3, -0.25) is 4.98 Å². The monoisotopic (exact) mass is 215 g/mol. The minimum atomic E-state index is 0.654. The minimum absolute atomic E-state index is 0.654. The summed E-state index contributed by atoms with van der Waals surface area (Å²) < 4.78 is 5.08. The van der Waals surface area contributed by atoms with Crippen molar-refractivity contribution in [3.63, 3.8) is 0 Å². The van der Waals surface area contributed by atoms with E-state index in [4.69, 9.17) is 16.3 Å². The maximum atomic E-state index is 5.83. The molecule has 0 N–H and O–H groups in total. The highest BCUT2D eigenvalue weighted by Gasteiger charge is 2.18. The van der Waals surface area contributed by atoms with Gasteiger partial charge in [-0.2, -0.15) is 0 Å². The summed E-state index contributed by atoms with van der Waals surface area (Å²) in [4.78, 5) is 4.22. The summed E-state index contributed by atoms with van der Waals surface area (Å²) in [7, 11) is 0. The summed E-state index contributed by atoms with van der Waals surface area (Å²) in [5.41, 5.74) is 1.05. The number of halogens is 1. The topological polar surface area (TPSA) is 22.1 Å². The quantitative estimate of drug-likeness (QED) is 0.773. The predicted molar refractivity (Wildman–Crippen MR) is 55.1 cm³/mol. The summed E-state index contributed by atoms with van der Waals surface area (Å²) in [5.74, 6) is 0.925. The van der Waals surface area contributed by atoms with Gasteiger partial charge in [0.15, 0.2) is 0 Å². The van der Waals surface area contributed by atoms with Crippen molar-refractivity contribution in [2.75, 3.05) is 13.2 Å². The van der Waals surface area contributed by atoms with E-state index in [1.165, 1.54) is 0 Å². The van der Waals surface area contributed by atoms with Crippen LogP contribution in [-0.4, -0.2) is 23.4 Å². The van der Waals surface area contributed by atoms with Crippen molar-refractivity contribution >= 4 is 23.4 Å². The fraction of sp³-hybridized carbons (Fsp3) is 0.444. The SMILES string of the molecule is Clc1ccnc(CSC2COC2)c1. The molecule has 2 heterocycles. The summed E-state index contributed by atoms with van der Waals surface area (Å²) in [5, 5.41) is 1.41. The molecule has 0 amide bonds. The molecule has 0 saturated carbocycles. The highest BCUT2D eigenvalue weighted by atomic mass is 35.5. The molecular weight excluding hydrogens is 206 g/mol. The zero-order chi connectivity index (χ0) is 9.10. The van der Waals surface area contributed by atoms with E-state index in [-0.39, 0.29) is 0 Å². The molecule has 1 aromatic heterocycles. The maximum absolute atomic E-state index is 5.83. The summed E-state index contributed by atoms with van der Waals surface area (Å²) in [6.45, 7) is 1.76. The Morgan fingerprint density at radius 3 is 3.08 bits per heavy atom. The van der Waals surface area contributed by atoms with Gasteiger partial charge in [0.2, 0.25) is 0 Å². The van der Waals surface area contributed by atoms with Gasteiger partial charge in [-0.05, 0) is 12.1 Å². The third kappa shape index (κ3) is 2.59. The predicted octanol–water partition coefficient (Wildman–Crippen LogP) is 2.37. The first kappa shape index (κ1) is 9.31. The molecule has 1 aliphatic rings. The van der Waals surface area contributed by atoms with Crippen LogP contribution in [0.2, 0.25) is 5.02 Å². The van der Waals surface area contributed by atoms with Crippen LogP contribution < -0.4 is 0 Å². The van der Waals surface area contributed by atoms with E-state index in [1.807, 2.05) is 17.8 Å². The average Bonchev–Trinajstić information content (AvgIpc) is 2.01. The number of pyridine rings is 1. The molecule has 0 atom stereocenters. The van der Waals surface area contributed by atoms with E-state index < -0.39 is 0 Å². The van der Waals surface area contributed by atoms with Crippen molar-refractivity contribution in [3.05, 3.63) is 29.0 Å². The largest absolute Gasteiger partial charge is 0.379 e. The second-order valence-corrected chi connectivity index (χ2v) is 4.66. The molecule has 1 aliphatic heterocycles. The molecule has 1 fully saturated rings. The zero-order valence-electron chi connectivity index (χ0n) is 7.07. The third-order valence-corrected chi connectivity index (χ3v) is 3.29. The molecule has 13 heavy (non-hydrogen) atoms. The normalized spacial score (nSPS) is 17.0. The molecular formula is C9H10ClNOS. The first-order valence-corrected chi connectivity index (χ1v) is 5.57. The molecule has 0 aliphatic carbocycles. The van der Waals surface area contributed by atoms with Crippen molar-refractivity contribution < 1.29 is 4.74 Å². The van der Waals surface area contributed by atoms with E-state index >= 15 is 0 Å². The third-order valence-electron chi connectivity index (χ3n) is 1.85. The number of hydrogen-bond acceptors (Lipinski definition) is 3. The van der Waals surface area contributed by atoms with Crippen LogP contribution in [0.4, 0.5) is 0 Å². The molecule has 0 bridgehead atoms. The molecule has 2 nitrogen and oxygen atoms in total. The molecule has 1 aromatic rings. The second-order valence-electron chi connectivity index (χ2n) is 2.94. The number of ether oxygens (including phenoxy) is 1. The van der Waals surface area contributed by atoms with E-state index in [1.54, 1.807) is 12.3 Å². The molecule has 0 radical (unpaired) electrons. The summed E-state index contributed by atoms with van der Waals surface area (Å²) in [6, 6.07) is 3.70. The molecule has 2 rings (SSSR count). The van der Waals surface area contributed by atoms with Crippen LogP contribution in [0.5, 0.6) is 0 Å². The van der Waals surface area contributed by atoms with Gasteiger partial charge in [0, 0.05) is 17.0 Å². The van der Waals surface area contributed by atoms with Gasteiger partial charge in [0.25, 0.3) is 0 Å². The average molecular weight is 216 g/mol. The summed E-state index contributed by atoms with van der Waals surface area (Å²) >= 11 is 7.71. The van der Waals surface area contributed by atoms with Crippen LogP contribution >= 0.6 is 23.4 Å². The number of rotatable bonds is 3. The van der Waals surface area contributed by atoms with Gasteiger partial charge in [-0.15, -0.1) is 11.8 Å². The van der Waals surface area contributed by atoms with E-state index in [9.17, 15) is 0 Å². The van der Waals surface area contributed by atoms with Crippen molar-refractivity contribution in [2.24, 2.45) is 0 Å². The first-order chi connectivity index (χ1) is 6.34. The molecule has 4 heteroatoms. The van der Waals surface area contributed by atoms with Gasteiger partial charge < -0.3 is 4.74 Å². The van der Waals surface area contributed by atoms with Gasteiger partial charge in [-0.25, -0.2) is 0 Å². The Labute approximate surface area is 86.6 Å². The standard InChI is InChI=1S/C9H10ClNOS/c10-7-1-2-11-8(3-7)6-13-9-4-12-5-9/h1-3,9H,4-6H2. The smallest absolute Gasteiger partial charge is 0.0608 e. The molecule has 0 unspecified atom stereocenters. The highest BCUT2D eigenvalue weighted by Crippen LogP contribution is 2.23. The Bertz CT molecular complexity index is 291. The Morgan fingerprint density at radius 2 is 2.46 bits per heavy atom. The maximum Gasteiger partial charge on any atom is 0.0608 e. The van der Waals surface area contributed by atoms with Crippen LogP contribution in [0.25, 0.3) is 0 Å². The van der Waals surface area contributed by atoms with Gasteiger partial charge in [-0.1, -0.05) is 11.6 Å². The van der Waals surface area contributed by atoms with Crippen molar-refractivity contribution in [2.45, 2.75) is 11.0 Å². The molecule has 0 spiro atoms. The number of nitrogens with zero attached hydrogens (tertiary/aromatic N) is 1. The fourth-order valence-corrected chi connectivity index (χ4v) is 2.17. The van der Waals surface area contributed by atoms with Crippen LogP contribution in [0, 0.1) is 0 Å². The fourth-order valence-electron chi connectivity index (χ4n) is 1.04. The lowest BCUT2D eigenvalue weighted by atomic mass is 10.4. The number of thioether (sulfide) groups is 1. The van der Waals surface area contributed by atoms with Gasteiger partial charge >= 0.3 is 0 Å². The van der Waals surface area contributed by atoms with Crippen LogP contribution in [-0.2, 0) is 10.5 Å². The zero-order valence-corrected chi connectivity index (χ0v) is 8.64. The highest BCUT2D eigenvalue weighted by molar-refractivity contribution is 7.99. The lowest BCUT2D eigenvalue weighted by Gasteiger charge is -2.24. The van der Waals surface area contributed by atoms with Gasteiger partial charge in [0.05, 0.1) is 24.2 Å². The van der Waals surface area contributed by atoms with Crippen molar-refractivity contribution in [3.8, 4) is 0 Å². The van der Waals surface area contributed by atoms with Gasteiger partial charge in [0.1, 0.15) is 0 Å². The lowest BCUT2D eigenvalue weighted by Crippen LogP contribution is -2.30. The minimum Gasteiger partial charge on any atom is -0.379 e. The number of hydrogen-bond donors (Lipinski definition) is 0. The Balaban J connectivity index is 1.86. The van der Waals surface area contributed by atoms with Crippen molar-refractivity contribution in [1.29, 1.82) is 0 Å². The van der Waals surface area contributed by atoms with Crippen LogP contribution in [0.3, 0.4) is 0 Å². The van der Waals surface area contributed by atoms with E-state index in [0.717, 1.165) is 29.7 Å². The Hall–Kier alpha value is -0.250. The molecule has 70 valence electrons. The van der Waals surface area contributed by atoms with Crippen molar-refractivity contribution in [1.82, 2.24) is 4.98 Å². The Kier molecular flexibility index (Phi) is 3.09. The van der Waals surface area contributed by atoms with Crippen LogP contribution in [0.15, 0.2) is 18.3 Å². The second kappa shape index (κ2) is 4.31. The summed E-state index contributed by atoms with van der Waals surface area (Å²) in [6.07, 6.45) is 1.75. The molecule has 1 saturated heterocycles. The van der Waals surface area contributed by atoms with Crippen LogP contribution in [0.1, 0.15) is 5.69 Å².